The van der Waals surface area contributed by atoms with Gasteiger partial charge in [0.1, 0.15) is 0 Å². The molecular formula is C14H18Cl2N4O. The summed E-state index contributed by atoms with van der Waals surface area (Å²) in [6.07, 6.45) is 1.23. The minimum Gasteiger partial charge on any atom is -0.369 e. The SMILES string of the molecule is CCC(C)NC(=O)CCn1c(N)nc2cc(Cl)c(Cl)cc21. The van der Waals surface area contributed by atoms with Crippen LogP contribution in [0.15, 0.2) is 12.1 Å². The molecule has 1 heterocycles. The maximum atomic E-state index is 11.8. The number of imidazole rings is 1. The van der Waals surface area contributed by atoms with Gasteiger partial charge in [0.25, 0.3) is 0 Å². The Morgan fingerprint density at radius 3 is 2.76 bits per heavy atom. The summed E-state index contributed by atoms with van der Waals surface area (Å²) in [6, 6.07) is 3.56. The van der Waals surface area contributed by atoms with Crippen LogP contribution in [-0.4, -0.2) is 21.5 Å². The summed E-state index contributed by atoms with van der Waals surface area (Å²) in [6.45, 7) is 4.45. The van der Waals surface area contributed by atoms with E-state index < -0.39 is 0 Å². The van der Waals surface area contributed by atoms with E-state index in [0.717, 1.165) is 11.9 Å². The number of nitrogens with zero attached hydrogens (tertiary/aromatic N) is 2. The average molecular weight is 329 g/mol. The molecule has 0 radical (unpaired) electrons. The highest BCUT2D eigenvalue weighted by Gasteiger charge is 2.13. The zero-order valence-corrected chi connectivity index (χ0v) is 13.5. The molecule has 0 saturated heterocycles. The average Bonchev–Trinajstić information content (AvgIpc) is 2.72. The first-order valence-electron chi connectivity index (χ1n) is 6.82. The minimum absolute atomic E-state index is 0.00865. The molecule has 1 amide bonds. The number of fused-ring (bicyclic) bond motifs is 1. The molecular weight excluding hydrogens is 311 g/mol. The van der Waals surface area contributed by atoms with Crippen molar-refractivity contribution in [1.29, 1.82) is 0 Å². The zero-order valence-electron chi connectivity index (χ0n) is 12.0. The normalized spacial score (nSPS) is 12.6. The lowest BCUT2D eigenvalue weighted by Crippen LogP contribution is -2.32. The molecule has 0 saturated carbocycles. The van der Waals surface area contributed by atoms with E-state index in [4.69, 9.17) is 28.9 Å². The van der Waals surface area contributed by atoms with E-state index in [1.54, 1.807) is 16.7 Å². The molecule has 0 bridgehead atoms. The van der Waals surface area contributed by atoms with E-state index >= 15 is 0 Å². The number of hydrogen-bond donors (Lipinski definition) is 2. The predicted octanol–water partition coefficient (Wildman–Crippen LogP) is 3.23. The molecule has 2 aromatic rings. The molecule has 1 atom stereocenters. The summed E-state index contributed by atoms with van der Waals surface area (Å²) in [5.74, 6) is 0.338. The van der Waals surface area contributed by atoms with Crippen molar-refractivity contribution in [3.05, 3.63) is 22.2 Å². The summed E-state index contributed by atoms with van der Waals surface area (Å²) in [7, 11) is 0. The van der Waals surface area contributed by atoms with Crippen LogP contribution in [0.2, 0.25) is 10.0 Å². The van der Waals surface area contributed by atoms with Crippen molar-refractivity contribution in [2.75, 3.05) is 5.73 Å². The van der Waals surface area contributed by atoms with Gasteiger partial charge in [0, 0.05) is 19.0 Å². The molecule has 3 N–H and O–H groups in total. The molecule has 0 aliphatic heterocycles. The van der Waals surface area contributed by atoms with Crippen LogP contribution in [0.4, 0.5) is 5.95 Å². The Balaban J connectivity index is 2.17. The number of halogens is 2. The van der Waals surface area contributed by atoms with Gasteiger partial charge in [-0.25, -0.2) is 4.98 Å². The van der Waals surface area contributed by atoms with Gasteiger partial charge in [-0.1, -0.05) is 30.1 Å². The molecule has 114 valence electrons. The molecule has 1 aromatic carbocycles. The number of aryl methyl sites for hydroxylation is 1. The van der Waals surface area contributed by atoms with Crippen molar-refractivity contribution in [1.82, 2.24) is 14.9 Å². The van der Waals surface area contributed by atoms with Crippen LogP contribution >= 0.6 is 23.2 Å². The van der Waals surface area contributed by atoms with Crippen molar-refractivity contribution < 1.29 is 4.79 Å². The van der Waals surface area contributed by atoms with E-state index in [2.05, 4.69) is 10.3 Å². The topological polar surface area (TPSA) is 72.9 Å². The zero-order chi connectivity index (χ0) is 15.6. The molecule has 0 spiro atoms. The van der Waals surface area contributed by atoms with Gasteiger partial charge in [0.05, 0.1) is 21.1 Å². The number of rotatable bonds is 5. The molecule has 0 aliphatic carbocycles. The number of carbonyl (C=O) groups is 1. The molecule has 0 aliphatic rings. The molecule has 1 unspecified atom stereocenters. The Morgan fingerprint density at radius 2 is 2.10 bits per heavy atom. The first-order valence-corrected chi connectivity index (χ1v) is 7.58. The number of nitrogens with one attached hydrogen (secondary N) is 1. The predicted molar refractivity (Wildman–Crippen MR) is 86.7 cm³/mol. The molecule has 5 nitrogen and oxygen atoms in total. The second-order valence-electron chi connectivity index (χ2n) is 5.00. The quantitative estimate of drug-likeness (QED) is 0.884. The van der Waals surface area contributed by atoms with Gasteiger partial charge in [0.15, 0.2) is 0 Å². The fourth-order valence-corrected chi connectivity index (χ4v) is 2.35. The van der Waals surface area contributed by atoms with E-state index in [9.17, 15) is 4.79 Å². The van der Waals surface area contributed by atoms with Gasteiger partial charge in [-0.2, -0.15) is 0 Å². The van der Waals surface area contributed by atoms with Gasteiger partial charge in [0.2, 0.25) is 11.9 Å². The number of anilines is 1. The number of aromatic nitrogens is 2. The second-order valence-corrected chi connectivity index (χ2v) is 5.82. The number of carbonyl (C=O) groups excluding carboxylic acids is 1. The molecule has 1 aromatic heterocycles. The van der Waals surface area contributed by atoms with E-state index in [1.807, 2.05) is 13.8 Å². The van der Waals surface area contributed by atoms with Crippen LogP contribution < -0.4 is 11.1 Å². The number of amides is 1. The fraction of sp³-hybridized carbons (Fsp3) is 0.429. The molecule has 7 heteroatoms. The van der Waals surface area contributed by atoms with Crippen LogP contribution in [0.3, 0.4) is 0 Å². The number of nitrogen functional groups attached to an aromatic ring is 1. The number of nitrogens with two attached hydrogens (primary N) is 1. The Morgan fingerprint density at radius 1 is 1.43 bits per heavy atom. The largest absolute Gasteiger partial charge is 0.369 e. The molecule has 0 fully saturated rings. The van der Waals surface area contributed by atoms with Crippen LogP contribution in [0.5, 0.6) is 0 Å². The highest BCUT2D eigenvalue weighted by atomic mass is 35.5. The van der Waals surface area contributed by atoms with Gasteiger partial charge in [-0.05, 0) is 25.5 Å². The van der Waals surface area contributed by atoms with Crippen molar-refractivity contribution in [2.45, 2.75) is 39.3 Å². The van der Waals surface area contributed by atoms with Crippen LogP contribution in [0, 0.1) is 0 Å². The monoisotopic (exact) mass is 328 g/mol. The summed E-state index contributed by atoms with van der Waals surface area (Å²) >= 11 is 12.0. The van der Waals surface area contributed by atoms with Gasteiger partial charge >= 0.3 is 0 Å². The highest BCUT2D eigenvalue weighted by molar-refractivity contribution is 6.42. The van der Waals surface area contributed by atoms with Gasteiger partial charge in [-0.3, -0.25) is 4.79 Å². The third kappa shape index (κ3) is 3.60. The standard InChI is InChI=1S/C14H18Cl2N4O/c1-3-8(2)18-13(21)4-5-20-12-7-10(16)9(15)6-11(12)19-14(20)17/h6-8H,3-5H2,1-2H3,(H2,17,19)(H,18,21). The van der Waals surface area contributed by atoms with Crippen LogP contribution in [0.25, 0.3) is 11.0 Å². The van der Waals surface area contributed by atoms with Gasteiger partial charge < -0.3 is 15.6 Å². The smallest absolute Gasteiger partial charge is 0.222 e. The van der Waals surface area contributed by atoms with E-state index in [-0.39, 0.29) is 11.9 Å². The highest BCUT2D eigenvalue weighted by Crippen LogP contribution is 2.29. The fourth-order valence-electron chi connectivity index (χ4n) is 2.04. The Kier molecular flexibility index (Phi) is 4.96. The lowest BCUT2D eigenvalue weighted by molar-refractivity contribution is -0.121. The third-order valence-corrected chi connectivity index (χ3v) is 4.12. The first kappa shape index (κ1) is 15.9. The van der Waals surface area contributed by atoms with Crippen molar-refractivity contribution in [3.63, 3.8) is 0 Å². The summed E-state index contributed by atoms with van der Waals surface area (Å²) in [4.78, 5) is 16.1. The summed E-state index contributed by atoms with van der Waals surface area (Å²) in [5.41, 5.74) is 7.35. The first-order chi connectivity index (χ1) is 9.92. The molecule has 21 heavy (non-hydrogen) atoms. The van der Waals surface area contributed by atoms with Gasteiger partial charge in [-0.15, -0.1) is 0 Å². The maximum Gasteiger partial charge on any atom is 0.222 e. The van der Waals surface area contributed by atoms with E-state index in [1.165, 1.54) is 0 Å². The van der Waals surface area contributed by atoms with E-state index in [0.29, 0.717) is 34.5 Å². The molecule has 2 rings (SSSR count). The number of benzene rings is 1. The van der Waals surface area contributed by atoms with Crippen LogP contribution in [-0.2, 0) is 11.3 Å². The summed E-state index contributed by atoms with van der Waals surface area (Å²) < 4.78 is 1.77. The van der Waals surface area contributed by atoms with Crippen molar-refractivity contribution in [2.24, 2.45) is 0 Å². The minimum atomic E-state index is -0.00865. The van der Waals surface area contributed by atoms with Crippen molar-refractivity contribution in [3.8, 4) is 0 Å². The number of hydrogen-bond acceptors (Lipinski definition) is 3. The Hall–Kier alpha value is -1.46. The van der Waals surface area contributed by atoms with Crippen molar-refractivity contribution >= 4 is 46.1 Å². The maximum absolute atomic E-state index is 11.8. The lowest BCUT2D eigenvalue weighted by atomic mass is 10.2. The third-order valence-electron chi connectivity index (χ3n) is 3.40. The lowest BCUT2D eigenvalue weighted by Gasteiger charge is -2.12. The second kappa shape index (κ2) is 6.54. The van der Waals surface area contributed by atoms with Crippen LogP contribution in [0.1, 0.15) is 26.7 Å². The Bertz CT molecular complexity index is 669. The Labute approximate surface area is 133 Å². The summed E-state index contributed by atoms with van der Waals surface area (Å²) in [5, 5.41) is 3.79.